The molecule has 1 N–H and O–H groups in total. The lowest BCUT2D eigenvalue weighted by atomic mass is 10.3. The molecule has 0 aromatic heterocycles. The summed E-state index contributed by atoms with van der Waals surface area (Å²) in [4.78, 5) is 0.729. The van der Waals surface area contributed by atoms with Crippen LogP contribution in [-0.2, 0) is 12.6 Å². The molecule has 0 unspecified atom stereocenters. The predicted molar refractivity (Wildman–Crippen MR) is 46.7 cm³/mol. The molecule has 7 heteroatoms. The summed E-state index contributed by atoms with van der Waals surface area (Å²) in [5, 5.41) is 8.87. The Bertz CT molecular complexity index is 238. The molecule has 0 bridgehead atoms. The van der Waals surface area contributed by atoms with Crippen LogP contribution in [0, 0.1) is 0 Å². The lowest BCUT2D eigenvalue weighted by Crippen LogP contribution is -2.02. The molecule has 0 saturated heterocycles. The number of aromatic hydroxyl groups is 1. The van der Waals surface area contributed by atoms with Crippen LogP contribution in [-0.4, -0.2) is 12.4 Å². The number of para-hydroxylation sites is 1. The van der Waals surface area contributed by atoms with Crippen LogP contribution in [0.5, 0.6) is 5.75 Å². The van der Waals surface area contributed by atoms with Gasteiger partial charge in [-0.15, -0.1) is 0 Å². The molecule has 0 spiro atoms. The summed E-state index contributed by atoms with van der Waals surface area (Å²) in [5.41, 5.74) is 0. The summed E-state index contributed by atoms with van der Waals surface area (Å²) in [6.45, 7) is 0. The molecule has 0 radical (unpaired) electrons. The molecule has 0 saturated carbocycles. The Morgan fingerprint density at radius 1 is 1.08 bits per heavy atom. The number of hydrogen-bond acceptors (Lipinski definition) is 1. The second kappa shape index (κ2) is 5.01. The van der Waals surface area contributed by atoms with Gasteiger partial charge >= 0.3 is 7.25 Å². The Morgan fingerprint density at radius 2 is 1.46 bits per heavy atom. The molecule has 1 aromatic rings. The van der Waals surface area contributed by atoms with Gasteiger partial charge in [0.15, 0.2) is 10.6 Å². The zero-order valence-electron chi connectivity index (χ0n) is 6.35. The maximum atomic E-state index is 9.75. The van der Waals surface area contributed by atoms with Crippen LogP contribution < -0.4 is 0 Å². The SMILES string of the molecule is F[B-](F)(F)F.Oc1ccccc1[SH2+]. The van der Waals surface area contributed by atoms with E-state index in [1.807, 2.05) is 6.07 Å². The van der Waals surface area contributed by atoms with Gasteiger partial charge in [0, 0.05) is 0 Å². The summed E-state index contributed by atoms with van der Waals surface area (Å²) >= 11 is 3.19. The molecule has 0 aliphatic heterocycles. The molecule has 74 valence electrons. The average molecular weight is 214 g/mol. The van der Waals surface area contributed by atoms with Crippen molar-refractivity contribution in [2.24, 2.45) is 0 Å². The molecule has 1 rings (SSSR count). The summed E-state index contributed by atoms with van der Waals surface area (Å²) in [5.74, 6) is 0.282. The van der Waals surface area contributed by atoms with E-state index in [-0.39, 0.29) is 5.75 Å². The van der Waals surface area contributed by atoms with E-state index < -0.39 is 7.25 Å². The molecule has 0 fully saturated rings. The lowest BCUT2D eigenvalue weighted by Gasteiger charge is -1.94. The van der Waals surface area contributed by atoms with Crippen LogP contribution in [0.3, 0.4) is 0 Å². The highest BCUT2D eigenvalue weighted by molar-refractivity contribution is 7.58. The van der Waals surface area contributed by atoms with Gasteiger partial charge in [0.05, 0.1) is 0 Å². The molecular weight excluding hydrogens is 207 g/mol. The molecule has 0 atom stereocenters. The minimum absolute atomic E-state index is 0.282. The highest BCUT2D eigenvalue weighted by atomic mass is 32.1. The van der Waals surface area contributed by atoms with Gasteiger partial charge in [-0.05, 0) is 24.8 Å². The van der Waals surface area contributed by atoms with Crippen molar-refractivity contribution < 1.29 is 22.4 Å². The van der Waals surface area contributed by atoms with Crippen LogP contribution in [0.15, 0.2) is 29.2 Å². The summed E-state index contributed by atoms with van der Waals surface area (Å²) in [7, 11) is -6.00. The highest BCUT2D eigenvalue weighted by Gasteiger charge is 2.20. The third-order valence-electron chi connectivity index (χ3n) is 0.904. The van der Waals surface area contributed by atoms with Gasteiger partial charge in [-0.3, -0.25) is 0 Å². The van der Waals surface area contributed by atoms with Crippen molar-refractivity contribution in [1.29, 1.82) is 0 Å². The van der Waals surface area contributed by atoms with Gasteiger partial charge in [0.25, 0.3) is 0 Å². The third kappa shape index (κ3) is 9.07. The molecular formula is C6H7BF4OS. The second-order valence-corrected chi connectivity index (χ2v) is 2.55. The first kappa shape index (κ1) is 12.2. The van der Waals surface area contributed by atoms with Crippen LogP contribution in [0.4, 0.5) is 17.3 Å². The number of phenols is 1. The van der Waals surface area contributed by atoms with E-state index in [1.165, 1.54) is 0 Å². The van der Waals surface area contributed by atoms with E-state index in [4.69, 9.17) is 5.11 Å². The number of hydrogen-bond donors (Lipinski definition) is 1. The van der Waals surface area contributed by atoms with Gasteiger partial charge in [-0.2, -0.15) is 0 Å². The fraction of sp³-hybridized carbons (Fsp3) is 0. The number of benzene rings is 1. The van der Waals surface area contributed by atoms with Gasteiger partial charge in [-0.1, -0.05) is 12.1 Å². The minimum atomic E-state index is -6.00. The van der Waals surface area contributed by atoms with Crippen molar-refractivity contribution in [1.82, 2.24) is 0 Å². The largest absolute Gasteiger partial charge is 0.673 e. The van der Waals surface area contributed by atoms with Gasteiger partial charge in [0.2, 0.25) is 0 Å². The number of halogens is 4. The van der Waals surface area contributed by atoms with Crippen LogP contribution in [0.1, 0.15) is 0 Å². The van der Waals surface area contributed by atoms with Crippen molar-refractivity contribution in [3.63, 3.8) is 0 Å². The third-order valence-corrected chi connectivity index (χ3v) is 1.33. The lowest BCUT2D eigenvalue weighted by molar-refractivity contribution is 0.368. The molecule has 13 heavy (non-hydrogen) atoms. The fourth-order valence-electron chi connectivity index (χ4n) is 0.474. The van der Waals surface area contributed by atoms with E-state index in [0.29, 0.717) is 0 Å². The van der Waals surface area contributed by atoms with E-state index in [2.05, 4.69) is 12.6 Å². The fourth-order valence-corrected chi connectivity index (χ4v) is 0.653. The van der Waals surface area contributed by atoms with Crippen molar-refractivity contribution in [3.05, 3.63) is 24.3 Å². The normalized spacial score (nSPS) is 10.2. The molecule has 1 aromatic carbocycles. The van der Waals surface area contributed by atoms with Gasteiger partial charge in [0.1, 0.15) is 0 Å². The Balaban J connectivity index is 0.000000252. The molecule has 1 nitrogen and oxygen atoms in total. The van der Waals surface area contributed by atoms with Crippen molar-refractivity contribution in [2.45, 2.75) is 4.90 Å². The Hall–Kier alpha value is -0.845. The van der Waals surface area contributed by atoms with E-state index >= 15 is 0 Å². The summed E-state index contributed by atoms with van der Waals surface area (Å²) < 4.78 is 39.0. The standard InChI is InChI=1S/C6H6OS.BF4/c7-5-3-1-2-4-6(5)8;2-1(3,4)5/h1-4,7-8H;/q;-1/p+1. The summed E-state index contributed by atoms with van der Waals surface area (Å²) in [6, 6.07) is 7.04. The highest BCUT2D eigenvalue weighted by Crippen LogP contribution is 2.13. The maximum Gasteiger partial charge on any atom is 0.673 e. The van der Waals surface area contributed by atoms with E-state index in [9.17, 15) is 17.3 Å². The molecule has 0 amide bonds. The molecule has 0 aliphatic rings. The van der Waals surface area contributed by atoms with Crippen molar-refractivity contribution >= 4 is 19.9 Å². The van der Waals surface area contributed by atoms with Crippen LogP contribution >= 0.6 is 0 Å². The van der Waals surface area contributed by atoms with E-state index in [0.717, 1.165) is 4.90 Å². The van der Waals surface area contributed by atoms with Crippen molar-refractivity contribution in [2.75, 3.05) is 0 Å². The average Bonchev–Trinajstić information content (AvgIpc) is 1.92. The Labute approximate surface area is 77.9 Å². The quantitative estimate of drug-likeness (QED) is 0.398. The zero-order chi connectivity index (χ0) is 10.5. The number of rotatable bonds is 0. The van der Waals surface area contributed by atoms with Crippen LogP contribution in [0.25, 0.3) is 0 Å². The van der Waals surface area contributed by atoms with Crippen molar-refractivity contribution in [3.8, 4) is 5.75 Å². The van der Waals surface area contributed by atoms with Gasteiger partial charge < -0.3 is 22.4 Å². The zero-order valence-corrected chi connectivity index (χ0v) is 7.35. The monoisotopic (exact) mass is 214 g/mol. The first-order chi connectivity index (χ1) is 5.80. The first-order valence-corrected chi connectivity index (χ1v) is 3.67. The first-order valence-electron chi connectivity index (χ1n) is 3.17. The second-order valence-electron chi connectivity index (χ2n) is 2.01. The molecule has 0 aliphatic carbocycles. The van der Waals surface area contributed by atoms with Crippen LogP contribution in [0.2, 0.25) is 0 Å². The Kier molecular flexibility index (Phi) is 4.68. The summed E-state index contributed by atoms with van der Waals surface area (Å²) in [6.07, 6.45) is 0. The number of phenolic OH excluding ortho intramolecular Hbond substituents is 1. The van der Waals surface area contributed by atoms with E-state index in [1.54, 1.807) is 18.2 Å². The van der Waals surface area contributed by atoms with Gasteiger partial charge in [-0.25, -0.2) is 0 Å². The predicted octanol–water partition coefficient (Wildman–Crippen LogP) is 2.06. The minimum Gasteiger partial charge on any atom is -0.503 e. The Morgan fingerprint density at radius 3 is 1.69 bits per heavy atom. The smallest absolute Gasteiger partial charge is 0.503 e. The maximum absolute atomic E-state index is 9.75. The topological polar surface area (TPSA) is 20.2 Å². The molecule has 0 heterocycles.